The molecule has 1 saturated heterocycles. The van der Waals surface area contributed by atoms with Crippen LogP contribution in [0.2, 0.25) is 0 Å². The smallest absolute Gasteiger partial charge is 0.263 e. The van der Waals surface area contributed by atoms with Crippen molar-refractivity contribution in [2.75, 3.05) is 13.1 Å². The Hall–Kier alpha value is -2.43. The van der Waals surface area contributed by atoms with E-state index < -0.39 is 0 Å². The zero-order valence-corrected chi connectivity index (χ0v) is 17.7. The van der Waals surface area contributed by atoms with E-state index in [-0.39, 0.29) is 5.91 Å². The van der Waals surface area contributed by atoms with E-state index in [4.69, 9.17) is 5.73 Å². The number of benzene rings is 2. The SMILES string of the molecule is CC(c1ccccc1)c1csc(C(=O)N2CCC(c3cccc(CN)c3)CC2)c1. The number of rotatable bonds is 5. The molecular formula is C25H28N2OS. The molecule has 0 radical (unpaired) electrons. The summed E-state index contributed by atoms with van der Waals surface area (Å²) in [4.78, 5) is 15.9. The van der Waals surface area contributed by atoms with Crippen LogP contribution in [0.4, 0.5) is 0 Å². The van der Waals surface area contributed by atoms with Crippen molar-refractivity contribution in [3.8, 4) is 0 Å². The lowest BCUT2D eigenvalue weighted by atomic mass is 9.88. The third-order valence-corrected chi connectivity index (χ3v) is 7.01. The molecule has 1 aliphatic rings. The van der Waals surface area contributed by atoms with E-state index in [1.807, 2.05) is 11.0 Å². The van der Waals surface area contributed by atoms with Gasteiger partial charge in [-0.15, -0.1) is 11.3 Å². The summed E-state index contributed by atoms with van der Waals surface area (Å²) in [6, 6.07) is 21.1. The van der Waals surface area contributed by atoms with Crippen LogP contribution in [-0.2, 0) is 6.54 Å². The Labute approximate surface area is 177 Å². The van der Waals surface area contributed by atoms with Crippen molar-refractivity contribution in [3.05, 3.63) is 93.2 Å². The Morgan fingerprint density at radius 2 is 1.83 bits per heavy atom. The molecule has 4 rings (SSSR count). The lowest BCUT2D eigenvalue weighted by molar-refractivity contribution is 0.0718. The summed E-state index contributed by atoms with van der Waals surface area (Å²) in [6.45, 7) is 4.41. The maximum Gasteiger partial charge on any atom is 0.263 e. The molecule has 3 aromatic rings. The average molecular weight is 405 g/mol. The first kappa shape index (κ1) is 19.9. The predicted octanol–water partition coefficient (Wildman–Crippen LogP) is 5.38. The fraction of sp³-hybridized carbons (Fsp3) is 0.320. The molecule has 1 amide bonds. The minimum Gasteiger partial charge on any atom is -0.338 e. The van der Waals surface area contributed by atoms with Gasteiger partial charge in [-0.05, 0) is 52.5 Å². The summed E-state index contributed by atoms with van der Waals surface area (Å²) in [5, 5.41) is 2.13. The molecule has 2 aromatic carbocycles. The molecule has 1 aromatic heterocycles. The van der Waals surface area contributed by atoms with Gasteiger partial charge in [0.1, 0.15) is 0 Å². The molecule has 1 unspecified atom stereocenters. The average Bonchev–Trinajstić information content (AvgIpc) is 3.29. The van der Waals surface area contributed by atoms with Crippen LogP contribution < -0.4 is 5.73 Å². The molecule has 2 N–H and O–H groups in total. The van der Waals surface area contributed by atoms with Crippen LogP contribution in [0.3, 0.4) is 0 Å². The molecular weight excluding hydrogens is 376 g/mol. The number of carbonyl (C=O) groups excluding carboxylic acids is 1. The number of hydrogen-bond acceptors (Lipinski definition) is 3. The van der Waals surface area contributed by atoms with Crippen LogP contribution in [0.15, 0.2) is 66.0 Å². The molecule has 1 fully saturated rings. The second kappa shape index (κ2) is 8.93. The van der Waals surface area contributed by atoms with Gasteiger partial charge in [-0.1, -0.05) is 61.5 Å². The van der Waals surface area contributed by atoms with E-state index in [2.05, 4.69) is 66.9 Å². The molecule has 0 saturated carbocycles. The van der Waals surface area contributed by atoms with Crippen LogP contribution >= 0.6 is 11.3 Å². The van der Waals surface area contributed by atoms with Gasteiger partial charge in [0.25, 0.3) is 5.91 Å². The minimum absolute atomic E-state index is 0.177. The van der Waals surface area contributed by atoms with Gasteiger partial charge < -0.3 is 10.6 Å². The summed E-state index contributed by atoms with van der Waals surface area (Å²) in [5.41, 5.74) is 10.8. The maximum absolute atomic E-state index is 13.0. The largest absolute Gasteiger partial charge is 0.338 e. The van der Waals surface area contributed by atoms with Gasteiger partial charge in [-0.25, -0.2) is 0 Å². The number of likely N-dealkylation sites (tertiary alicyclic amines) is 1. The van der Waals surface area contributed by atoms with Gasteiger partial charge in [-0.2, -0.15) is 0 Å². The standard InChI is InChI=1S/C25H28N2OS/c1-18(20-7-3-2-4-8-20)23-15-24(29-17-23)25(28)27-12-10-21(11-13-27)22-9-5-6-19(14-22)16-26/h2-9,14-15,17-18,21H,10-13,16,26H2,1H3. The first-order valence-electron chi connectivity index (χ1n) is 10.4. The van der Waals surface area contributed by atoms with Gasteiger partial charge >= 0.3 is 0 Å². The van der Waals surface area contributed by atoms with E-state index in [1.54, 1.807) is 11.3 Å². The number of hydrogen-bond donors (Lipinski definition) is 1. The number of carbonyl (C=O) groups is 1. The van der Waals surface area contributed by atoms with Crippen LogP contribution in [-0.4, -0.2) is 23.9 Å². The molecule has 0 bridgehead atoms. The number of thiophene rings is 1. The number of nitrogens with two attached hydrogens (primary N) is 1. The van der Waals surface area contributed by atoms with Crippen LogP contribution in [0.25, 0.3) is 0 Å². The van der Waals surface area contributed by atoms with Crippen molar-refractivity contribution < 1.29 is 4.79 Å². The van der Waals surface area contributed by atoms with E-state index in [1.165, 1.54) is 22.3 Å². The summed E-state index contributed by atoms with van der Waals surface area (Å²) < 4.78 is 0. The van der Waals surface area contributed by atoms with Crippen molar-refractivity contribution in [2.45, 2.75) is 38.1 Å². The van der Waals surface area contributed by atoms with Crippen LogP contribution in [0, 0.1) is 0 Å². The summed E-state index contributed by atoms with van der Waals surface area (Å²) in [5.74, 6) is 0.993. The molecule has 2 heterocycles. The Balaban J connectivity index is 1.39. The lowest BCUT2D eigenvalue weighted by Crippen LogP contribution is -2.37. The summed E-state index contributed by atoms with van der Waals surface area (Å²) >= 11 is 1.57. The van der Waals surface area contributed by atoms with Gasteiger partial charge in [0.2, 0.25) is 0 Å². The first-order chi connectivity index (χ1) is 14.2. The van der Waals surface area contributed by atoms with Gasteiger partial charge in [-0.3, -0.25) is 4.79 Å². The highest BCUT2D eigenvalue weighted by atomic mass is 32.1. The highest BCUT2D eigenvalue weighted by molar-refractivity contribution is 7.12. The zero-order chi connectivity index (χ0) is 20.2. The fourth-order valence-corrected chi connectivity index (χ4v) is 5.14. The Morgan fingerprint density at radius 3 is 2.55 bits per heavy atom. The molecule has 0 spiro atoms. The van der Waals surface area contributed by atoms with Crippen LogP contribution in [0.5, 0.6) is 0 Å². The van der Waals surface area contributed by atoms with E-state index in [9.17, 15) is 4.79 Å². The molecule has 0 aliphatic carbocycles. The Bertz CT molecular complexity index is 958. The number of piperidine rings is 1. The topological polar surface area (TPSA) is 46.3 Å². The van der Waals surface area contributed by atoms with Crippen LogP contribution in [0.1, 0.15) is 63.5 Å². The van der Waals surface area contributed by atoms with Crippen molar-refractivity contribution >= 4 is 17.2 Å². The zero-order valence-electron chi connectivity index (χ0n) is 16.9. The second-order valence-electron chi connectivity index (χ2n) is 7.89. The normalized spacial score (nSPS) is 16.0. The van der Waals surface area contributed by atoms with Crippen molar-refractivity contribution in [2.24, 2.45) is 5.73 Å². The molecule has 150 valence electrons. The van der Waals surface area contributed by atoms with Gasteiger partial charge in [0, 0.05) is 25.6 Å². The highest BCUT2D eigenvalue weighted by Gasteiger charge is 2.26. The third kappa shape index (κ3) is 4.44. The Kier molecular flexibility index (Phi) is 6.12. The Morgan fingerprint density at radius 1 is 1.07 bits per heavy atom. The third-order valence-electron chi connectivity index (χ3n) is 6.07. The molecule has 4 heteroatoms. The summed E-state index contributed by atoms with van der Waals surface area (Å²) in [6.07, 6.45) is 2.02. The quantitative estimate of drug-likeness (QED) is 0.621. The minimum atomic E-state index is 0.177. The summed E-state index contributed by atoms with van der Waals surface area (Å²) in [7, 11) is 0. The molecule has 29 heavy (non-hydrogen) atoms. The van der Waals surface area contributed by atoms with Crippen molar-refractivity contribution in [1.29, 1.82) is 0 Å². The van der Waals surface area contributed by atoms with Gasteiger partial charge in [0.15, 0.2) is 0 Å². The second-order valence-corrected chi connectivity index (χ2v) is 8.80. The van der Waals surface area contributed by atoms with Crippen molar-refractivity contribution in [1.82, 2.24) is 4.90 Å². The molecule has 3 nitrogen and oxygen atoms in total. The lowest BCUT2D eigenvalue weighted by Gasteiger charge is -2.32. The maximum atomic E-state index is 13.0. The highest BCUT2D eigenvalue weighted by Crippen LogP contribution is 2.32. The molecule has 1 atom stereocenters. The van der Waals surface area contributed by atoms with Crippen molar-refractivity contribution in [3.63, 3.8) is 0 Å². The monoisotopic (exact) mass is 404 g/mol. The fourth-order valence-electron chi connectivity index (χ4n) is 4.17. The molecule has 1 aliphatic heterocycles. The number of amides is 1. The van der Waals surface area contributed by atoms with Gasteiger partial charge in [0.05, 0.1) is 4.88 Å². The van der Waals surface area contributed by atoms with E-state index in [0.717, 1.165) is 30.8 Å². The first-order valence-corrected chi connectivity index (χ1v) is 11.2. The predicted molar refractivity (Wildman–Crippen MR) is 120 cm³/mol. The van der Waals surface area contributed by atoms with E-state index in [0.29, 0.717) is 18.4 Å². The van der Waals surface area contributed by atoms with E-state index >= 15 is 0 Å². The number of nitrogens with zero attached hydrogens (tertiary/aromatic N) is 1.